The number of carboxylic acids is 4. The fourth-order valence-corrected chi connectivity index (χ4v) is 7.63. The Hall–Kier alpha value is -8.10. The third kappa shape index (κ3) is 6.75. The van der Waals surface area contributed by atoms with E-state index in [9.17, 15) is 39.6 Å². The average Bonchev–Trinajstić information content (AvgIpc) is 3.26. The topological polar surface area (TPSA) is 149 Å². The minimum Gasteiger partial charge on any atom is -0.478 e. The molecule has 280 valence electrons. The third-order valence-corrected chi connectivity index (χ3v) is 10.3. The molecule has 0 unspecified atom stereocenters. The molecule has 0 saturated carbocycles. The molecule has 0 aromatic heterocycles. The van der Waals surface area contributed by atoms with Gasteiger partial charge in [0.2, 0.25) is 0 Å². The van der Waals surface area contributed by atoms with Gasteiger partial charge in [-0.25, -0.2) is 19.2 Å². The van der Waals surface area contributed by atoms with Gasteiger partial charge >= 0.3 is 23.9 Å². The highest BCUT2D eigenvalue weighted by Gasteiger charge is 2.28. The second kappa shape index (κ2) is 15.2. The summed E-state index contributed by atoms with van der Waals surface area (Å²) in [6.07, 6.45) is 0. The Morgan fingerprint density at radius 2 is 0.586 bits per heavy atom. The summed E-state index contributed by atoms with van der Waals surface area (Å²) in [5, 5.41) is 41.0. The number of carbonyl (C=O) groups is 4. The van der Waals surface area contributed by atoms with Crippen LogP contribution < -0.4 is 0 Å². The molecule has 0 aliphatic carbocycles. The largest absolute Gasteiger partial charge is 0.478 e. The van der Waals surface area contributed by atoms with Gasteiger partial charge in [0.15, 0.2) is 0 Å². The molecule has 0 bridgehead atoms. The molecule has 4 N–H and O–H groups in total. The maximum atomic E-state index is 12.1. The SMILES string of the molecule is O=C(O)c1ccc(-c2ccc3c(-c4ccccc4)c(-c4ccc(C(=O)O)cc4)c(-c4ccc(C(=O)O)cc4)c(-c4ccccc4)c3c2-c2ccc(C(=O)O)cc2)cc1. The van der Waals surface area contributed by atoms with Crippen molar-refractivity contribution in [3.63, 3.8) is 0 Å². The minimum absolute atomic E-state index is 0.104. The minimum atomic E-state index is -1.08. The standard InChI is InChI=1S/C50H32O8/c51-47(52)35-19-11-29(12-20-35)39-27-28-40-42(30-7-3-1-4-8-30)43(33-15-23-37(24-16-33)49(55)56)44(34-17-25-38(26-18-34)50(57)58)45(31-9-5-2-6-10-31)46(40)41(39)32-13-21-36(22-14-32)48(53)54/h1-28H,(H,51,52)(H,53,54)(H,55,56)(H,57,58). The third-order valence-electron chi connectivity index (χ3n) is 10.3. The van der Waals surface area contributed by atoms with Crippen molar-refractivity contribution in [1.29, 1.82) is 0 Å². The molecule has 58 heavy (non-hydrogen) atoms. The van der Waals surface area contributed by atoms with Gasteiger partial charge in [0, 0.05) is 0 Å². The van der Waals surface area contributed by atoms with Crippen LogP contribution in [0.25, 0.3) is 77.5 Å². The second-order valence-corrected chi connectivity index (χ2v) is 13.7. The van der Waals surface area contributed by atoms with Crippen molar-refractivity contribution < 1.29 is 39.6 Å². The molecule has 0 radical (unpaired) electrons. The van der Waals surface area contributed by atoms with E-state index in [4.69, 9.17) is 0 Å². The summed E-state index contributed by atoms with van der Waals surface area (Å²) in [7, 11) is 0. The summed E-state index contributed by atoms with van der Waals surface area (Å²) in [5.41, 5.74) is 9.65. The molecular formula is C50H32O8. The lowest BCUT2D eigenvalue weighted by Crippen LogP contribution is -2.02. The highest BCUT2D eigenvalue weighted by Crippen LogP contribution is 2.54. The van der Waals surface area contributed by atoms with Crippen LogP contribution in [0.4, 0.5) is 0 Å². The first kappa shape index (κ1) is 36.9. The van der Waals surface area contributed by atoms with Crippen LogP contribution in [0.3, 0.4) is 0 Å². The highest BCUT2D eigenvalue weighted by atomic mass is 16.4. The number of hydrogen-bond donors (Lipinski definition) is 4. The molecule has 0 aliphatic heterocycles. The van der Waals surface area contributed by atoms with Gasteiger partial charge in [-0.3, -0.25) is 0 Å². The van der Waals surface area contributed by atoms with Crippen LogP contribution in [0.1, 0.15) is 41.4 Å². The van der Waals surface area contributed by atoms with Gasteiger partial charge in [0.1, 0.15) is 0 Å². The van der Waals surface area contributed by atoms with Crippen LogP contribution in [0.5, 0.6) is 0 Å². The first-order chi connectivity index (χ1) is 28.1. The molecule has 8 heteroatoms. The first-order valence-corrected chi connectivity index (χ1v) is 18.2. The number of rotatable bonds is 10. The number of carboxylic acid groups (broad SMARTS) is 4. The normalized spacial score (nSPS) is 11.0. The zero-order chi connectivity index (χ0) is 40.5. The summed E-state index contributed by atoms with van der Waals surface area (Å²) >= 11 is 0. The molecule has 8 rings (SSSR count). The Kier molecular flexibility index (Phi) is 9.66. The molecule has 8 aromatic rings. The Balaban J connectivity index is 1.65. The van der Waals surface area contributed by atoms with Crippen molar-refractivity contribution in [2.75, 3.05) is 0 Å². The van der Waals surface area contributed by atoms with Gasteiger partial charge in [-0.05, 0) is 126 Å². The van der Waals surface area contributed by atoms with Crippen LogP contribution in [-0.4, -0.2) is 44.3 Å². The number of benzene rings is 8. The number of hydrogen-bond acceptors (Lipinski definition) is 4. The quantitative estimate of drug-likeness (QED) is 0.108. The first-order valence-electron chi connectivity index (χ1n) is 18.2. The zero-order valence-corrected chi connectivity index (χ0v) is 30.6. The van der Waals surface area contributed by atoms with Crippen molar-refractivity contribution in [2.24, 2.45) is 0 Å². The lowest BCUT2D eigenvalue weighted by atomic mass is 9.76. The molecule has 0 spiro atoms. The molecule has 0 saturated heterocycles. The van der Waals surface area contributed by atoms with E-state index in [1.54, 1.807) is 97.1 Å². The molecule has 0 aliphatic rings. The zero-order valence-electron chi connectivity index (χ0n) is 30.6. The molecule has 0 fully saturated rings. The van der Waals surface area contributed by atoms with E-state index in [2.05, 4.69) is 0 Å². The van der Waals surface area contributed by atoms with Crippen LogP contribution in [-0.2, 0) is 0 Å². The maximum absolute atomic E-state index is 12.1. The molecular weight excluding hydrogens is 729 g/mol. The lowest BCUT2D eigenvalue weighted by Gasteiger charge is -2.27. The van der Waals surface area contributed by atoms with E-state index < -0.39 is 23.9 Å². The van der Waals surface area contributed by atoms with Crippen LogP contribution >= 0.6 is 0 Å². The van der Waals surface area contributed by atoms with E-state index in [0.717, 1.165) is 66.4 Å². The fourth-order valence-electron chi connectivity index (χ4n) is 7.63. The van der Waals surface area contributed by atoms with Crippen LogP contribution in [0.2, 0.25) is 0 Å². The Morgan fingerprint density at radius 1 is 0.276 bits per heavy atom. The molecule has 8 nitrogen and oxygen atoms in total. The Morgan fingerprint density at radius 3 is 0.966 bits per heavy atom. The van der Waals surface area contributed by atoms with E-state index in [1.165, 1.54) is 0 Å². The smallest absolute Gasteiger partial charge is 0.335 e. The molecule has 0 amide bonds. The maximum Gasteiger partial charge on any atom is 0.335 e. The van der Waals surface area contributed by atoms with Gasteiger partial charge in [0.25, 0.3) is 0 Å². The molecule has 0 atom stereocenters. The van der Waals surface area contributed by atoms with Gasteiger partial charge in [-0.15, -0.1) is 0 Å². The van der Waals surface area contributed by atoms with E-state index in [-0.39, 0.29) is 22.3 Å². The summed E-state index contributed by atoms with van der Waals surface area (Å²) in [6.45, 7) is 0. The van der Waals surface area contributed by atoms with Crippen molar-refractivity contribution >= 4 is 34.6 Å². The van der Waals surface area contributed by atoms with E-state index in [1.807, 2.05) is 72.8 Å². The highest BCUT2D eigenvalue weighted by molar-refractivity contribution is 6.24. The summed E-state index contributed by atoms with van der Waals surface area (Å²) < 4.78 is 0. The number of aromatic carboxylic acids is 4. The van der Waals surface area contributed by atoms with Gasteiger partial charge < -0.3 is 20.4 Å². The summed E-state index contributed by atoms with van der Waals surface area (Å²) in [4.78, 5) is 48.1. The monoisotopic (exact) mass is 760 g/mol. The lowest BCUT2D eigenvalue weighted by molar-refractivity contribution is 0.0686. The second-order valence-electron chi connectivity index (χ2n) is 13.7. The van der Waals surface area contributed by atoms with Crippen LogP contribution in [0.15, 0.2) is 170 Å². The summed E-state index contributed by atoms with van der Waals surface area (Å²) in [5.74, 6) is -4.27. The average molecular weight is 761 g/mol. The van der Waals surface area contributed by atoms with E-state index >= 15 is 0 Å². The van der Waals surface area contributed by atoms with Gasteiger partial charge in [-0.2, -0.15) is 0 Å². The van der Waals surface area contributed by atoms with Crippen LogP contribution in [0, 0.1) is 0 Å². The van der Waals surface area contributed by atoms with Gasteiger partial charge in [-0.1, -0.05) is 121 Å². The Labute approximate surface area is 332 Å². The summed E-state index contributed by atoms with van der Waals surface area (Å²) in [6, 6.07) is 50.2. The van der Waals surface area contributed by atoms with Crippen molar-refractivity contribution in [3.05, 3.63) is 192 Å². The predicted molar refractivity (Wildman–Crippen MR) is 224 cm³/mol. The predicted octanol–water partition coefficient (Wildman–Crippen LogP) is 11.6. The van der Waals surface area contributed by atoms with E-state index in [0.29, 0.717) is 11.1 Å². The molecule has 0 heterocycles. The Bertz CT molecular complexity index is 2880. The fraction of sp³-hybridized carbons (Fsp3) is 0. The van der Waals surface area contributed by atoms with Crippen molar-refractivity contribution in [3.8, 4) is 66.8 Å². The van der Waals surface area contributed by atoms with Crippen molar-refractivity contribution in [1.82, 2.24) is 0 Å². The number of fused-ring (bicyclic) bond motifs is 1. The van der Waals surface area contributed by atoms with Crippen molar-refractivity contribution in [2.45, 2.75) is 0 Å². The van der Waals surface area contributed by atoms with Gasteiger partial charge in [0.05, 0.1) is 22.3 Å². The molecule has 8 aromatic carbocycles.